The first kappa shape index (κ1) is 28.1. The SMILES string of the molecule is CCOP(=O)(OCC)C(CCCc1ccc(-c2ccc(C)cc2)cc1)S(=O)(=O)OC1CCCCC1. The van der Waals surface area contributed by atoms with E-state index in [1.807, 2.05) is 0 Å². The molecule has 1 aliphatic rings. The maximum atomic E-state index is 13.6. The fourth-order valence-electron chi connectivity index (χ4n) is 4.53. The lowest BCUT2D eigenvalue weighted by Gasteiger charge is -2.28. The lowest BCUT2D eigenvalue weighted by molar-refractivity contribution is 0.158. The maximum absolute atomic E-state index is 13.6. The fraction of sp³-hybridized carbons (Fsp3) is 0.556. The van der Waals surface area contributed by atoms with Crippen LogP contribution in [0.1, 0.15) is 69.9 Å². The molecule has 0 amide bonds. The second kappa shape index (κ2) is 13.2. The maximum Gasteiger partial charge on any atom is 0.351 e. The Balaban J connectivity index is 1.71. The molecule has 1 saturated carbocycles. The summed E-state index contributed by atoms with van der Waals surface area (Å²) in [6.45, 7) is 5.65. The summed E-state index contributed by atoms with van der Waals surface area (Å²) in [4.78, 5) is -1.33. The van der Waals surface area contributed by atoms with E-state index >= 15 is 0 Å². The van der Waals surface area contributed by atoms with E-state index in [4.69, 9.17) is 13.2 Å². The number of hydrogen-bond donors (Lipinski definition) is 0. The molecular formula is C27H39O6PS. The summed E-state index contributed by atoms with van der Waals surface area (Å²) >= 11 is 0. The first-order chi connectivity index (χ1) is 16.8. The summed E-state index contributed by atoms with van der Waals surface area (Å²) in [7, 11) is -8.04. The van der Waals surface area contributed by atoms with Gasteiger partial charge in [0.1, 0.15) is 0 Å². The van der Waals surface area contributed by atoms with Gasteiger partial charge in [-0.1, -0.05) is 73.4 Å². The van der Waals surface area contributed by atoms with Crippen molar-refractivity contribution >= 4 is 17.7 Å². The smallest absolute Gasteiger partial charge is 0.308 e. The minimum atomic E-state index is -4.14. The zero-order valence-corrected chi connectivity index (χ0v) is 22.9. The quantitative estimate of drug-likeness (QED) is 0.204. The monoisotopic (exact) mass is 522 g/mol. The Morgan fingerprint density at radius 2 is 1.43 bits per heavy atom. The van der Waals surface area contributed by atoms with Gasteiger partial charge in [0.05, 0.1) is 19.3 Å². The Kier molecular flexibility index (Phi) is 10.6. The molecule has 3 rings (SSSR count). The summed E-state index contributed by atoms with van der Waals surface area (Å²) in [5.74, 6) is 0. The predicted octanol–water partition coefficient (Wildman–Crippen LogP) is 7.26. The first-order valence-corrected chi connectivity index (χ1v) is 15.8. The Labute approximate surface area is 211 Å². The van der Waals surface area contributed by atoms with Gasteiger partial charge in [0.15, 0.2) is 4.99 Å². The molecule has 0 heterocycles. The van der Waals surface area contributed by atoms with Gasteiger partial charge in [0, 0.05) is 0 Å². The van der Waals surface area contributed by atoms with Crippen LogP contribution in [0.4, 0.5) is 0 Å². The zero-order chi connectivity index (χ0) is 25.3. The van der Waals surface area contributed by atoms with Crippen LogP contribution in [0.5, 0.6) is 0 Å². The molecule has 1 unspecified atom stereocenters. The lowest BCUT2D eigenvalue weighted by Crippen LogP contribution is -2.31. The Morgan fingerprint density at radius 1 is 0.886 bits per heavy atom. The molecule has 1 fully saturated rings. The molecule has 8 heteroatoms. The molecule has 0 aromatic heterocycles. The minimum Gasteiger partial charge on any atom is -0.308 e. The van der Waals surface area contributed by atoms with Gasteiger partial charge >= 0.3 is 7.60 Å². The highest BCUT2D eigenvalue weighted by Crippen LogP contribution is 2.57. The van der Waals surface area contributed by atoms with Crippen LogP contribution in [0.2, 0.25) is 0 Å². The molecule has 2 aromatic carbocycles. The third kappa shape index (κ3) is 7.99. The number of hydrogen-bond acceptors (Lipinski definition) is 6. The van der Waals surface area contributed by atoms with E-state index in [0.29, 0.717) is 25.7 Å². The van der Waals surface area contributed by atoms with Crippen molar-refractivity contribution in [3.63, 3.8) is 0 Å². The van der Waals surface area contributed by atoms with E-state index in [2.05, 4.69) is 55.5 Å². The highest BCUT2D eigenvalue weighted by Gasteiger charge is 2.46. The van der Waals surface area contributed by atoms with Crippen molar-refractivity contribution in [3.05, 3.63) is 59.7 Å². The molecule has 0 bridgehead atoms. The van der Waals surface area contributed by atoms with Crippen molar-refractivity contribution in [2.45, 2.75) is 83.2 Å². The van der Waals surface area contributed by atoms with E-state index in [1.54, 1.807) is 13.8 Å². The van der Waals surface area contributed by atoms with Crippen LogP contribution < -0.4 is 0 Å². The molecule has 1 aliphatic carbocycles. The van der Waals surface area contributed by atoms with Crippen LogP contribution in [0.25, 0.3) is 11.1 Å². The summed E-state index contributed by atoms with van der Waals surface area (Å²) in [6, 6.07) is 16.7. The van der Waals surface area contributed by atoms with Crippen LogP contribution in [-0.2, 0) is 34.3 Å². The van der Waals surface area contributed by atoms with E-state index in [1.165, 1.54) is 5.56 Å². The summed E-state index contributed by atoms with van der Waals surface area (Å²) in [5, 5.41) is 0. The molecule has 6 nitrogen and oxygen atoms in total. The van der Waals surface area contributed by atoms with Gasteiger partial charge in [0.25, 0.3) is 10.1 Å². The largest absolute Gasteiger partial charge is 0.351 e. The van der Waals surface area contributed by atoms with Crippen LogP contribution in [0.3, 0.4) is 0 Å². The van der Waals surface area contributed by atoms with E-state index in [-0.39, 0.29) is 25.7 Å². The molecule has 0 saturated heterocycles. The zero-order valence-electron chi connectivity index (χ0n) is 21.1. The van der Waals surface area contributed by atoms with Gasteiger partial charge in [-0.15, -0.1) is 0 Å². The normalized spacial score (nSPS) is 16.3. The molecule has 194 valence electrons. The van der Waals surface area contributed by atoms with Gasteiger partial charge < -0.3 is 9.05 Å². The average Bonchev–Trinajstić information content (AvgIpc) is 2.83. The van der Waals surface area contributed by atoms with E-state index < -0.39 is 22.7 Å². The van der Waals surface area contributed by atoms with Crippen LogP contribution in [0, 0.1) is 6.92 Å². The Bertz CT molecular complexity index is 1050. The van der Waals surface area contributed by atoms with Crippen LogP contribution in [-0.4, -0.2) is 32.7 Å². The van der Waals surface area contributed by atoms with Crippen molar-refractivity contribution in [3.8, 4) is 11.1 Å². The topological polar surface area (TPSA) is 78.9 Å². The molecule has 0 aliphatic heterocycles. The van der Waals surface area contributed by atoms with Gasteiger partial charge in [-0.3, -0.25) is 8.75 Å². The van der Waals surface area contributed by atoms with Crippen molar-refractivity contribution < 1.29 is 26.2 Å². The van der Waals surface area contributed by atoms with Crippen LogP contribution >= 0.6 is 7.60 Å². The number of aryl methyl sites for hydroxylation is 2. The second-order valence-electron chi connectivity index (χ2n) is 9.13. The van der Waals surface area contributed by atoms with Crippen molar-refractivity contribution in [2.24, 2.45) is 0 Å². The van der Waals surface area contributed by atoms with Crippen LogP contribution in [0.15, 0.2) is 48.5 Å². The molecule has 0 spiro atoms. The summed E-state index contributed by atoms with van der Waals surface area (Å²) in [5.41, 5.74) is 4.60. The van der Waals surface area contributed by atoms with Crippen molar-refractivity contribution in [2.75, 3.05) is 13.2 Å². The van der Waals surface area contributed by atoms with Gasteiger partial charge in [-0.05, 0) is 69.6 Å². The first-order valence-electron chi connectivity index (χ1n) is 12.7. The molecule has 35 heavy (non-hydrogen) atoms. The molecule has 0 radical (unpaired) electrons. The minimum absolute atomic E-state index is 0.104. The Morgan fingerprint density at radius 3 is 1.97 bits per heavy atom. The van der Waals surface area contributed by atoms with Crippen molar-refractivity contribution in [1.29, 1.82) is 0 Å². The molecule has 0 N–H and O–H groups in total. The van der Waals surface area contributed by atoms with Crippen molar-refractivity contribution in [1.82, 2.24) is 0 Å². The highest BCUT2D eigenvalue weighted by atomic mass is 32.2. The molecule has 1 atom stereocenters. The van der Waals surface area contributed by atoms with E-state index in [9.17, 15) is 13.0 Å². The van der Waals surface area contributed by atoms with Gasteiger partial charge in [-0.2, -0.15) is 8.42 Å². The summed E-state index contributed by atoms with van der Waals surface area (Å²) < 4.78 is 56.7. The average molecular weight is 523 g/mol. The summed E-state index contributed by atoms with van der Waals surface area (Å²) in [6.07, 6.45) is 5.33. The standard InChI is InChI=1S/C27H39O6PS/c1-4-31-34(28,32-5-2)27(35(29,30)33-26-11-7-6-8-12-26)13-9-10-23-16-20-25(21-17-23)24-18-14-22(3)15-19-24/h14-21,26-27H,4-13H2,1-3H3. The predicted molar refractivity (Wildman–Crippen MR) is 141 cm³/mol. The third-order valence-corrected chi connectivity index (χ3v) is 11.6. The van der Waals surface area contributed by atoms with E-state index in [0.717, 1.165) is 36.0 Å². The van der Waals surface area contributed by atoms with Gasteiger partial charge in [-0.25, -0.2) is 0 Å². The van der Waals surface area contributed by atoms with Gasteiger partial charge in [0.2, 0.25) is 0 Å². The number of benzene rings is 2. The highest BCUT2D eigenvalue weighted by molar-refractivity contribution is 7.94. The Hall–Kier alpha value is -1.50. The second-order valence-corrected chi connectivity index (χ2v) is 13.5. The molecular weight excluding hydrogens is 483 g/mol. The molecule has 2 aromatic rings. The lowest BCUT2D eigenvalue weighted by atomic mass is 9.98. The number of rotatable bonds is 13. The third-order valence-electron chi connectivity index (χ3n) is 6.38. The fourth-order valence-corrected chi connectivity index (χ4v) is 9.09.